The Bertz CT molecular complexity index is 772. The molecule has 0 radical (unpaired) electrons. The van der Waals surface area contributed by atoms with Crippen LogP contribution in [-0.4, -0.2) is 61.9 Å². The van der Waals surface area contributed by atoms with Gasteiger partial charge in [-0.2, -0.15) is 0 Å². The monoisotopic (exact) mass is 564 g/mol. The summed E-state index contributed by atoms with van der Waals surface area (Å²) in [7, 11) is 0. The Balaban J connectivity index is 0.00000320. The van der Waals surface area contributed by atoms with Gasteiger partial charge >= 0.3 is 0 Å². The molecule has 166 valence electrons. The maximum absolute atomic E-state index is 10.5. The molecule has 1 aliphatic rings. The summed E-state index contributed by atoms with van der Waals surface area (Å²) in [4.78, 5) is 8.55. The number of nitrogens with one attached hydrogen (secondary N) is 2. The zero-order valence-corrected chi connectivity index (χ0v) is 21.0. The highest BCUT2D eigenvalue weighted by atomic mass is 127. The maximum Gasteiger partial charge on any atom is 0.191 e. The van der Waals surface area contributed by atoms with Crippen LogP contribution in [0.5, 0.6) is 0 Å². The number of ether oxygens (including phenoxy) is 1. The van der Waals surface area contributed by atoms with Crippen LogP contribution in [0.25, 0.3) is 0 Å². The largest absolute Gasteiger partial charge is 0.387 e. The molecule has 2 atom stereocenters. The van der Waals surface area contributed by atoms with E-state index in [4.69, 9.17) is 21.3 Å². The van der Waals surface area contributed by atoms with Crippen molar-refractivity contribution >= 4 is 52.9 Å². The summed E-state index contributed by atoms with van der Waals surface area (Å²) in [6.45, 7) is 7.08. The molecular formula is C21H30ClIN4O2S. The average molecular weight is 565 g/mol. The van der Waals surface area contributed by atoms with Crippen LogP contribution in [0.2, 0.25) is 5.02 Å². The molecule has 1 fully saturated rings. The van der Waals surface area contributed by atoms with Gasteiger partial charge in [0.2, 0.25) is 0 Å². The molecule has 2 unspecified atom stereocenters. The summed E-state index contributed by atoms with van der Waals surface area (Å²) in [6, 6.07) is 11.8. The van der Waals surface area contributed by atoms with Gasteiger partial charge in [-0.05, 0) is 24.4 Å². The van der Waals surface area contributed by atoms with Crippen LogP contribution in [0, 0.1) is 0 Å². The summed E-state index contributed by atoms with van der Waals surface area (Å²) in [6.07, 6.45) is -0.708. The van der Waals surface area contributed by atoms with Crippen LogP contribution in [-0.2, 0) is 4.74 Å². The van der Waals surface area contributed by atoms with Gasteiger partial charge in [0.1, 0.15) is 0 Å². The van der Waals surface area contributed by atoms with Gasteiger partial charge in [0.25, 0.3) is 0 Å². The lowest BCUT2D eigenvalue weighted by Gasteiger charge is -2.33. The third-order valence-electron chi connectivity index (χ3n) is 4.85. The Morgan fingerprint density at radius 2 is 2.00 bits per heavy atom. The smallest absolute Gasteiger partial charge is 0.191 e. The predicted octanol–water partition coefficient (Wildman–Crippen LogP) is 3.68. The molecule has 2 aromatic rings. The van der Waals surface area contributed by atoms with E-state index in [2.05, 4.69) is 33.0 Å². The Morgan fingerprint density at radius 3 is 2.67 bits per heavy atom. The first-order chi connectivity index (χ1) is 14.2. The summed E-state index contributed by atoms with van der Waals surface area (Å²) < 4.78 is 5.51. The molecular weight excluding hydrogens is 535 g/mol. The first kappa shape index (κ1) is 25.4. The lowest BCUT2D eigenvalue weighted by molar-refractivity contribution is 0.0186. The molecule has 1 saturated heterocycles. The molecule has 30 heavy (non-hydrogen) atoms. The van der Waals surface area contributed by atoms with Crippen molar-refractivity contribution in [2.75, 3.05) is 45.9 Å². The first-order valence-corrected chi connectivity index (χ1v) is 11.2. The van der Waals surface area contributed by atoms with Gasteiger partial charge in [-0.25, -0.2) is 0 Å². The molecule has 0 spiro atoms. The number of hydrogen-bond donors (Lipinski definition) is 3. The molecule has 0 bridgehead atoms. The molecule has 0 saturated carbocycles. The minimum absolute atomic E-state index is 0. The number of aliphatic imine (C=N–C) groups is 1. The number of guanidine groups is 1. The number of aliphatic hydroxyl groups is 1. The van der Waals surface area contributed by atoms with E-state index >= 15 is 0 Å². The van der Waals surface area contributed by atoms with Gasteiger partial charge < -0.3 is 20.5 Å². The van der Waals surface area contributed by atoms with Crippen molar-refractivity contribution < 1.29 is 9.84 Å². The average Bonchev–Trinajstić information content (AvgIpc) is 3.27. The van der Waals surface area contributed by atoms with Crippen molar-refractivity contribution in [3.8, 4) is 0 Å². The van der Waals surface area contributed by atoms with Gasteiger partial charge in [-0.1, -0.05) is 35.9 Å². The summed E-state index contributed by atoms with van der Waals surface area (Å²) in [5, 5.41) is 19.7. The molecule has 0 amide bonds. The van der Waals surface area contributed by atoms with Crippen molar-refractivity contribution in [1.82, 2.24) is 15.5 Å². The van der Waals surface area contributed by atoms with Crippen molar-refractivity contribution in [2.24, 2.45) is 4.99 Å². The number of nitrogens with zero attached hydrogens (tertiary/aromatic N) is 2. The van der Waals surface area contributed by atoms with Crippen LogP contribution in [0.15, 0.2) is 46.8 Å². The second kappa shape index (κ2) is 13.5. The number of thiophene rings is 1. The van der Waals surface area contributed by atoms with E-state index in [-0.39, 0.29) is 30.0 Å². The molecule has 3 rings (SSSR count). The van der Waals surface area contributed by atoms with Gasteiger partial charge in [-0.15, -0.1) is 35.3 Å². The zero-order valence-electron chi connectivity index (χ0n) is 17.1. The summed E-state index contributed by atoms with van der Waals surface area (Å²) >= 11 is 7.95. The Labute approximate surface area is 204 Å². The maximum atomic E-state index is 10.5. The standard InChI is InChI=1S/C21H29ClN4O2S.HI/c1-2-23-21(25-15-19(27)16-6-3-4-7-17(16)22)24-14-18(20-8-5-13-29-20)26-9-11-28-12-10-26;/h3-8,13,18-19,27H,2,9-12,14-15H2,1H3,(H2,23,24,25);1H. The Kier molecular flexibility index (Phi) is 11.4. The number of hydrogen-bond acceptors (Lipinski definition) is 5. The molecule has 9 heteroatoms. The van der Waals surface area contributed by atoms with Crippen LogP contribution in [0.4, 0.5) is 0 Å². The number of morpholine rings is 1. The fourth-order valence-electron chi connectivity index (χ4n) is 3.32. The lowest BCUT2D eigenvalue weighted by Crippen LogP contribution is -2.42. The fraction of sp³-hybridized carbons (Fsp3) is 0.476. The zero-order chi connectivity index (χ0) is 20.5. The normalized spacial score (nSPS) is 17.1. The van der Waals surface area contributed by atoms with E-state index in [0.29, 0.717) is 29.6 Å². The molecule has 0 aliphatic carbocycles. The predicted molar refractivity (Wildman–Crippen MR) is 135 cm³/mol. The van der Waals surface area contributed by atoms with E-state index in [1.165, 1.54) is 4.88 Å². The first-order valence-electron chi connectivity index (χ1n) is 9.99. The summed E-state index contributed by atoms with van der Waals surface area (Å²) in [5.41, 5.74) is 0.710. The van der Waals surface area contributed by atoms with Crippen molar-refractivity contribution in [3.05, 3.63) is 57.2 Å². The highest BCUT2D eigenvalue weighted by molar-refractivity contribution is 14.0. The third-order valence-corrected chi connectivity index (χ3v) is 6.17. The highest BCUT2D eigenvalue weighted by Gasteiger charge is 2.23. The van der Waals surface area contributed by atoms with Crippen molar-refractivity contribution in [3.63, 3.8) is 0 Å². The van der Waals surface area contributed by atoms with Crippen LogP contribution in [0.1, 0.15) is 29.5 Å². The van der Waals surface area contributed by atoms with E-state index in [1.807, 2.05) is 25.1 Å². The fourth-order valence-corrected chi connectivity index (χ4v) is 4.44. The van der Waals surface area contributed by atoms with Crippen LogP contribution >= 0.6 is 46.9 Å². The highest BCUT2D eigenvalue weighted by Crippen LogP contribution is 2.26. The minimum atomic E-state index is -0.708. The molecule has 3 N–H and O–H groups in total. The van der Waals surface area contributed by atoms with Crippen molar-refractivity contribution in [1.29, 1.82) is 0 Å². The Hall–Kier alpha value is -0.910. The van der Waals surface area contributed by atoms with Gasteiger partial charge in [0.15, 0.2) is 5.96 Å². The summed E-state index contributed by atoms with van der Waals surface area (Å²) in [5.74, 6) is 0.688. The van der Waals surface area contributed by atoms with Crippen LogP contribution in [0.3, 0.4) is 0 Å². The van der Waals surface area contributed by atoms with E-state index < -0.39 is 6.10 Å². The molecule has 6 nitrogen and oxygen atoms in total. The van der Waals surface area contributed by atoms with Crippen LogP contribution < -0.4 is 10.6 Å². The molecule has 1 aromatic carbocycles. The van der Waals surface area contributed by atoms with Gasteiger partial charge in [0.05, 0.1) is 31.9 Å². The quantitative estimate of drug-likeness (QED) is 0.259. The SMILES string of the molecule is CCNC(=NCC(c1cccs1)N1CCOCC1)NCC(O)c1ccccc1Cl.I. The number of rotatable bonds is 8. The van der Waals surface area contributed by atoms with E-state index in [1.54, 1.807) is 17.4 Å². The molecule has 1 aromatic heterocycles. The number of aliphatic hydroxyl groups excluding tert-OH is 1. The second-order valence-corrected chi connectivity index (χ2v) is 8.20. The van der Waals surface area contributed by atoms with Gasteiger partial charge in [-0.3, -0.25) is 9.89 Å². The lowest BCUT2D eigenvalue weighted by atomic mass is 10.1. The number of halogens is 2. The van der Waals surface area contributed by atoms with Gasteiger partial charge in [0, 0.05) is 41.6 Å². The number of benzene rings is 1. The third kappa shape index (κ3) is 7.35. The molecule has 2 heterocycles. The second-order valence-electron chi connectivity index (χ2n) is 6.82. The topological polar surface area (TPSA) is 69.1 Å². The molecule has 1 aliphatic heterocycles. The van der Waals surface area contributed by atoms with E-state index in [0.717, 1.165) is 32.8 Å². The van der Waals surface area contributed by atoms with Crippen molar-refractivity contribution in [2.45, 2.75) is 19.1 Å². The van der Waals surface area contributed by atoms with E-state index in [9.17, 15) is 5.11 Å². The minimum Gasteiger partial charge on any atom is -0.387 e. The Morgan fingerprint density at radius 1 is 1.23 bits per heavy atom.